The van der Waals surface area contributed by atoms with E-state index in [1.807, 2.05) is 31.2 Å². The summed E-state index contributed by atoms with van der Waals surface area (Å²) in [4.78, 5) is 15.6. The fraction of sp³-hybridized carbons (Fsp3) is 0.167. The van der Waals surface area contributed by atoms with Crippen LogP contribution in [0.3, 0.4) is 0 Å². The zero-order chi connectivity index (χ0) is 13.1. The summed E-state index contributed by atoms with van der Waals surface area (Å²) in [6.07, 6.45) is 0.609. The molecule has 18 heavy (non-hydrogen) atoms. The molecular formula is C12H11BrN2O2S. The number of aryl methyl sites for hydroxylation is 1. The first-order chi connectivity index (χ1) is 8.60. The van der Waals surface area contributed by atoms with Gasteiger partial charge in [-0.2, -0.15) is 0 Å². The highest BCUT2D eigenvalue weighted by atomic mass is 79.9. The van der Waals surface area contributed by atoms with Crippen LogP contribution in [0.1, 0.15) is 22.3 Å². The minimum Gasteiger partial charge on any atom is -0.477 e. The Morgan fingerprint density at radius 2 is 2.33 bits per heavy atom. The maximum Gasteiger partial charge on any atom is 0.347 e. The largest absolute Gasteiger partial charge is 0.477 e. The smallest absolute Gasteiger partial charge is 0.347 e. The van der Waals surface area contributed by atoms with Gasteiger partial charge in [0.15, 0.2) is 5.13 Å². The topological polar surface area (TPSA) is 62.2 Å². The number of nitrogens with one attached hydrogen (secondary N) is 1. The molecule has 0 amide bonds. The number of aromatic carboxylic acids is 1. The standard InChI is InChI=1S/C12H11BrN2O2S/c1-2-9-10(11(16)17)18-12(15-9)14-8-5-3-4-7(13)6-8/h3-6H,2H2,1H3,(H,14,15)(H,16,17). The first-order valence-electron chi connectivity index (χ1n) is 5.35. The molecule has 94 valence electrons. The number of rotatable bonds is 4. The van der Waals surface area contributed by atoms with Gasteiger partial charge in [0.1, 0.15) is 4.88 Å². The van der Waals surface area contributed by atoms with E-state index >= 15 is 0 Å². The van der Waals surface area contributed by atoms with Crippen molar-refractivity contribution in [2.24, 2.45) is 0 Å². The van der Waals surface area contributed by atoms with E-state index in [-0.39, 0.29) is 0 Å². The van der Waals surface area contributed by atoms with Crippen molar-refractivity contribution >= 4 is 44.1 Å². The van der Waals surface area contributed by atoms with Crippen molar-refractivity contribution in [3.05, 3.63) is 39.3 Å². The maximum absolute atomic E-state index is 11.0. The molecule has 0 atom stereocenters. The summed E-state index contributed by atoms with van der Waals surface area (Å²) in [7, 11) is 0. The highest BCUT2D eigenvalue weighted by Gasteiger charge is 2.15. The molecular weight excluding hydrogens is 316 g/mol. The lowest BCUT2D eigenvalue weighted by atomic mass is 10.3. The lowest BCUT2D eigenvalue weighted by Gasteiger charge is -2.01. The third-order valence-corrected chi connectivity index (χ3v) is 3.80. The Hall–Kier alpha value is -1.40. The number of aromatic nitrogens is 1. The molecule has 1 aromatic heterocycles. The monoisotopic (exact) mass is 326 g/mol. The molecule has 4 nitrogen and oxygen atoms in total. The number of nitrogens with zero attached hydrogens (tertiary/aromatic N) is 1. The predicted molar refractivity (Wildman–Crippen MR) is 75.9 cm³/mol. The molecule has 0 unspecified atom stereocenters. The van der Waals surface area contributed by atoms with Gasteiger partial charge in [-0.1, -0.05) is 40.3 Å². The van der Waals surface area contributed by atoms with Crippen molar-refractivity contribution in [3.63, 3.8) is 0 Å². The molecule has 0 aliphatic heterocycles. The third kappa shape index (κ3) is 2.88. The van der Waals surface area contributed by atoms with Crippen LogP contribution in [0.4, 0.5) is 10.8 Å². The molecule has 6 heteroatoms. The Bertz CT molecular complexity index is 583. The lowest BCUT2D eigenvalue weighted by Crippen LogP contribution is -1.97. The van der Waals surface area contributed by atoms with Gasteiger partial charge in [0.2, 0.25) is 0 Å². The first kappa shape index (κ1) is 13.0. The molecule has 0 aliphatic carbocycles. The van der Waals surface area contributed by atoms with Crippen LogP contribution >= 0.6 is 27.3 Å². The number of anilines is 2. The zero-order valence-corrected chi connectivity index (χ0v) is 12.0. The Labute approximate surface area is 117 Å². The number of carboxylic acid groups (broad SMARTS) is 1. The average Bonchev–Trinajstić information content (AvgIpc) is 2.72. The van der Waals surface area contributed by atoms with Crippen molar-refractivity contribution < 1.29 is 9.90 Å². The molecule has 1 heterocycles. The van der Waals surface area contributed by atoms with Crippen LogP contribution in [0, 0.1) is 0 Å². The summed E-state index contributed by atoms with van der Waals surface area (Å²) in [6, 6.07) is 7.64. The molecule has 1 aromatic carbocycles. The molecule has 2 aromatic rings. The van der Waals surface area contributed by atoms with Crippen LogP contribution < -0.4 is 5.32 Å². The fourth-order valence-electron chi connectivity index (χ4n) is 1.50. The number of carboxylic acids is 1. The van der Waals surface area contributed by atoms with Crippen LogP contribution in [-0.4, -0.2) is 16.1 Å². The Morgan fingerprint density at radius 3 is 2.89 bits per heavy atom. The number of benzene rings is 1. The van der Waals surface area contributed by atoms with E-state index in [1.165, 1.54) is 0 Å². The van der Waals surface area contributed by atoms with Crippen LogP contribution in [0.2, 0.25) is 0 Å². The van der Waals surface area contributed by atoms with Gasteiger partial charge in [0.05, 0.1) is 5.69 Å². The van der Waals surface area contributed by atoms with Gasteiger partial charge >= 0.3 is 5.97 Å². The van der Waals surface area contributed by atoms with Crippen molar-refractivity contribution in [1.29, 1.82) is 0 Å². The summed E-state index contributed by atoms with van der Waals surface area (Å²) < 4.78 is 0.957. The number of hydrogen-bond donors (Lipinski definition) is 2. The van der Waals surface area contributed by atoms with Gasteiger partial charge in [0.25, 0.3) is 0 Å². The van der Waals surface area contributed by atoms with Gasteiger partial charge in [-0.3, -0.25) is 0 Å². The van der Waals surface area contributed by atoms with E-state index in [1.54, 1.807) is 0 Å². The van der Waals surface area contributed by atoms with Gasteiger partial charge in [0, 0.05) is 10.2 Å². The zero-order valence-electron chi connectivity index (χ0n) is 9.61. The second-order valence-corrected chi connectivity index (χ2v) is 5.50. The van der Waals surface area contributed by atoms with Crippen LogP contribution in [0.5, 0.6) is 0 Å². The van der Waals surface area contributed by atoms with E-state index in [4.69, 9.17) is 5.11 Å². The second-order valence-electron chi connectivity index (χ2n) is 3.59. The van der Waals surface area contributed by atoms with Gasteiger partial charge in [-0.15, -0.1) is 0 Å². The molecule has 0 bridgehead atoms. The van der Waals surface area contributed by atoms with E-state index in [0.29, 0.717) is 22.1 Å². The van der Waals surface area contributed by atoms with Crippen molar-refractivity contribution in [3.8, 4) is 0 Å². The summed E-state index contributed by atoms with van der Waals surface area (Å²) in [6.45, 7) is 1.89. The van der Waals surface area contributed by atoms with E-state index < -0.39 is 5.97 Å². The number of thiazole rings is 1. The Morgan fingerprint density at radius 1 is 1.56 bits per heavy atom. The van der Waals surface area contributed by atoms with Crippen LogP contribution in [0.25, 0.3) is 0 Å². The van der Waals surface area contributed by atoms with Crippen molar-refractivity contribution in [2.45, 2.75) is 13.3 Å². The normalized spacial score (nSPS) is 10.3. The SMILES string of the molecule is CCc1nc(Nc2cccc(Br)c2)sc1C(=O)O. The van der Waals surface area contributed by atoms with Gasteiger partial charge < -0.3 is 10.4 Å². The first-order valence-corrected chi connectivity index (χ1v) is 6.96. The van der Waals surface area contributed by atoms with E-state index in [9.17, 15) is 4.79 Å². The predicted octanol–water partition coefficient (Wildman–Crippen LogP) is 3.91. The molecule has 0 saturated carbocycles. The van der Waals surface area contributed by atoms with Gasteiger partial charge in [-0.05, 0) is 24.6 Å². The quantitative estimate of drug-likeness (QED) is 0.894. The minimum absolute atomic E-state index is 0.301. The lowest BCUT2D eigenvalue weighted by molar-refractivity contribution is 0.0701. The Balaban J connectivity index is 2.27. The van der Waals surface area contributed by atoms with Crippen molar-refractivity contribution in [2.75, 3.05) is 5.32 Å². The third-order valence-electron chi connectivity index (χ3n) is 2.30. The van der Waals surface area contributed by atoms with E-state index in [0.717, 1.165) is 21.5 Å². The van der Waals surface area contributed by atoms with Crippen LogP contribution in [0.15, 0.2) is 28.7 Å². The maximum atomic E-state index is 11.0. The second kappa shape index (κ2) is 5.49. The van der Waals surface area contributed by atoms with Crippen molar-refractivity contribution in [1.82, 2.24) is 4.98 Å². The number of carbonyl (C=O) groups is 1. The Kier molecular flexibility index (Phi) is 3.98. The fourth-order valence-corrected chi connectivity index (χ4v) is 2.81. The summed E-state index contributed by atoms with van der Waals surface area (Å²) in [5.74, 6) is -0.924. The molecule has 0 fully saturated rings. The average molecular weight is 327 g/mol. The minimum atomic E-state index is -0.924. The molecule has 0 spiro atoms. The summed E-state index contributed by atoms with van der Waals surface area (Å²) >= 11 is 4.54. The molecule has 0 saturated heterocycles. The van der Waals surface area contributed by atoms with E-state index in [2.05, 4.69) is 26.2 Å². The highest BCUT2D eigenvalue weighted by molar-refractivity contribution is 9.10. The van der Waals surface area contributed by atoms with Crippen LogP contribution in [-0.2, 0) is 6.42 Å². The van der Waals surface area contributed by atoms with Gasteiger partial charge in [-0.25, -0.2) is 9.78 Å². The molecule has 2 rings (SSSR count). The molecule has 0 radical (unpaired) electrons. The summed E-state index contributed by atoms with van der Waals surface area (Å²) in [5.41, 5.74) is 1.49. The molecule has 0 aliphatic rings. The number of halogens is 1. The summed E-state index contributed by atoms with van der Waals surface area (Å²) in [5, 5.41) is 12.8. The highest BCUT2D eigenvalue weighted by Crippen LogP contribution is 2.27. The molecule has 2 N–H and O–H groups in total. The number of hydrogen-bond acceptors (Lipinski definition) is 4.